The number of halogens is 1. The molecule has 1 fully saturated rings. The van der Waals surface area contributed by atoms with Crippen molar-refractivity contribution in [1.29, 1.82) is 0 Å². The van der Waals surface area contributed by atoms with E-state index in [4.69, 9.17) is 16.2 Å². The number of carbonyl (C=O) groups excluding carboxylic acids is 1. The Morgan fingerprint density at radius 3 is 2.70 bits per heavy atom. The number of amides is 1. The number of nitrogen functional groups attached to an aromatic ring is 1. The Hall–Kier alpha value is -1.82. The van der Waals surface area contributed by atoms with E-state index < -0.39 is 11.7 Å². The van der Waals surface area contributed by atoms with Gasteiger partial charge in [-0.25, -0.2) is 4.39 Å². The summed E-state index contributed by atoms with van der Waals surface area (Å²) in [7, 11) is 1.80. The van der Waals surface area contributed by atoms with Crippen molar-refractivity contribution in [3.8, 4) is 0 Å². The predicted octanol–water partition coefficient (Wildman–Crippen LogP) is 1.37. The van der Waals surface area contributed by atoms with E-state index >= 15 is 0 Å². The second kappa shape index (κ2) is 6.09. The van der Waals surface area contributed by atoms with Crippen LogP contribution in [-0.2, 0) is 4.74 Å². The molecule has 110 valence electrons. The molecule has 0 bridgehead atoms. The first-order valence-electron chi connectivity index (χ1n) is 6.66. The average molecular weight is 281 g/mol. The fourth-order valence-electron chi connectivity index (χ4n) is 2.50. The van der Waals surface area contributed by atoms with Gasteiger partial charge in [0.15, 0.2) is 0 Å². The van der Waals surface area contributed by atoms with Crippen molar-refractivity contribution in [3.05, 3.63) is 23.5 Å². The lowest BCUT2D eigenvalue weighted by Crippen LogP contribution is -2.30. The second-order valence-corrected chi connectivity index (χ2v) is 5.19. The van der Waals surface area contributed by atoms with E-state index in [2.05, 4.69) is 0 Å². The number of anilines is 2. The molecule has 0 atom stereocenters. The average Bonchev–Trinajstić information content (AvgIpc) is 2.39. The van der Waals surface area contributed by atoms with Gasteiger partial charge in [0.05, 0.1) is 11.3 Å². The van der Waals surface area contributed by atoms with Crippen LogP contribution in [-0.4, -0.2) is 32.7 Å². The molecule has 0 aliphatic carbocycles. The van der Waals surface area contributed by atoms with Crippen LogP contribution in [0.4, 0.5) is 15.8 Å². The Morgan fingerprint density at radius 1 is 1.45 bits per heavy atom. The molecule has 1 aliphatic heterocycles. The van der Waals surface area contributed by atoms with Gasteiger partial charge in [-0.15, -0.1) is 0 Å². The summed E-state index contributed by atoms with van der Waals surface area (Å²) in [6.45, 7) is 2.20. The summed E-state index contributed by atoms with van der Waals surface area (Å²) in [6.07, 6.45) is 1.92. The van der Waals surface area contributed by atoms with E-state index in [-0.39, 0.29) is 11.3 Å². The molecule has 4 N–H and O–H groups in total. The Labute approximate surface area is 117 Å². The lowest BCUT2D eigenvalue weighted by Gasteiger charge is -2.29. The summed E-state index contributed by atoms with van der Waals surface area (Å²) in [5, 5.41) is 0. The minimum Gasteiger partial charge on any atom is -0.398 e. The molecule has 0 saturated carbocycles. The van der Waals surface area contributed by atoms with Crippen molar-refractivity contribution in [2.45, 2.75) is 12.8 Å². The number of primary amides is 1. The summed E-state index contributed by atoms with van der Waals surface area (Å²) in [5.41, 5.74) is 11.4. The minimum atomic E-state index is -0.650. The molecule has 0 aromatic heterocycles. The molecule has 1 amide bonds. The molecule has 0 radical (unpaired) electrons. The van der Waals surface area contributed by atoms with Crippen molar-refractivity contribution in [3.63, 3.8) is 0 Å². The van der Waals surface area contributed by atoms with Crippen molar-refractivity contribution in [1.82, 2.24) is 0 Å². The first kappa shape index (κ1) is 14.6. The predicted molar refractivity (Wildman–Crippen MR) is 76.1 cm³/mol. The normalized spacial score (nSPS) is 16.1. The van der Waals surface area contributed by atoms with Crippen LogP contribution in [0.3, 0.4) is 0 Å². The molecule has 0 spiro atoms. The Bertz CT molecular complexity index is 501. The number of nitrogens with zero attached hydrogens (tertiary/aromatic N) is 1. The number of hydrogen-bond acceptors (Lipinski definition) is 4. The second-order valence-electron chi connectivity index (χ2n) is 5.19. The van der Waals surface area contributed by atoms with Crippen molar-refractivity contribution in [2.75, 3.05) is 37.4 Å². The van der Waals surface area contributed by atoms with Gasteiger partial charge in [-0.2, -0.15) is 0 Å². The zero-order valence-electron chi connectivity index (χ0n) is 11.6. The van der Waals surface area contributed by atoms with E-state index in [1.807, 2.05) is 0 Å². The van der Waals surface area contributed by atoms with Gasteiger partial charge in [0, 0.05) is 32.5 Å². The molecule has 1 saturated heterocycles. The molecular formula is C14H20FN3O2. The van der Waals surface area contributed by atoms with Crippen LogP contribution < -0.4 is 16.4 Å². The molecule has 1 aromatic rings. The van der Waals surface area contributed by atoms with Crippen LogP contribution in [0, 0.1) is 11.7 Å². The number of rotatable bonds is 4. The van der Waals surface area contributed by atoms with Crippen LogP contribution in [0.25, 0.3) is 0 Å². The van der Waals surface area contributed by atoms with E-state index in [0.717, 1.165) is 32.1 Å². The van der Waals surface area contributed by atoms with E-state index in [1.165, 1.54) is 6.07 Å². The molecule has 1 aromatic carbocycles. The highest BCUT2D eigenvalue weighted by atomic mass is 19.1. The van der Waals surface area contributed by atoms with Crippen LogP contribution >= 0.6 is 0 Å². The fourth-order valence-corrected chi connectivity index (χ4v) is 2.50. The van der Waals surface area contributed by atoms with E-state index in [9.17, 15) is 9.18 Å². The standard InChI is InChI=1S/C14H20FN3O2/c1-18(8-9-2-4-20-5-3-9)13-6-10(14(17)19)12(16)7-11(13)15/h6-7,9H,2-5,8,16H2,1H3,(H2,17,19). The van der Waals surface area contributed by atoms with Gasteiger partial charge in [0.2, 0.25) is 0 Å². The van der Waals surface area contributed by atoms with Crippen molar-refractivity contribution < 1.29 is 13.9 Å². The van der Waals surface area contributed by atoms with Gasteiger partial charge in [0.1, 0.15) is 5.82 Å². The summed E-state index contributed by atoms with van der Waals surface area (Å²) in [5.74, 6) is -0.631. The smallest absolute Gasteiger partial charge is 0.250 e. The third-order valence-corrected chi connectivity index (χ3v) is 3.67. The quantitative estimate of drug-likeness (QED) is 0.817. The van der Waals surface area contributed by atoms with Gasteiger partial charge in [0.25, 0.3) is 5.91 Å². The molecule has 1 aliphatic rings. The zero-order valence-corrected chi connectivity index (χ0v) is 11.6. The number of carbonyl (C=O) groups is 1. The molecule has 20 heavy (non-hydrogen) atoms. The Morgan fingerprint density at radius 2 is 2.10 bits per heavy atom. The molecule has 0 unspecified atom stereocenters. The van der Waals surface area contributed by atoms with E-state index in [0.29, 0.717) is 18.2 Å². The monoisotopic (exact) mass is 281 g/mol. The zero-order chi connectivity index (χ0) is 14.7. The summed E-state index contributed by atoms with van der Waals surface area (Å²) < 4.78 is 19.3. The summed E-state index contributed by atoms with van der Waals surface area (Å²) in [4.78, 5) is 13.1. The first-order chi connectivity index (χ1) is 9.49. The van der Waals surface area contributed by atoms with Gasteiger partial charge in [-0.3, -0.25) is 4.79 Å². The third-order valence-electron chi connectivity index (χ3n) is 3.67. The van der Waals surface area contributed by atoms with Gasteiger partial charge >= 0.3 is 0 Å². The Balaban J connectivity index is 2.17. The SMILES string of the molecule is CN(CC1CCOCC1)c1cc(C(N)=O)c(N)cc1F. The van der Waals surface area contributed by atoms with Crippen molar-refractivity contribution >= 4 is 17.3 Å². The van der Waals surface area contributed by atoms with Gasteiger partial charge in [-0.05, 0) is 30.9 Å². The molecule has 5 nitrogen and oxygen atoms in total. The maximum absolute atomic E-state index is 14.0. The molecule has 1 heterocycles. The Kier molecular flexibility index (Phi) is 4.44. The maximum atomic E-state index is 14.0. The highest BCUT2D eigenvalue weighted by Gasteiger charge is 2.19. The van der Waals surface area contributed by atoms with Gasteiger partial charge < -0.3 is 21.1 Å². The summed E-state index contributed by atoms with van der Waals surface area (Å²) >= 11 is 0. The first-order valence-corrected chi connectivity index (χ1v) is 6.66. The highest BCUT2D eigenvalue weighted by Crippen LogP contribution is 2.26. The molecule has 2 rings (SSSR count). The van der Waals surface area contributed by atoms with E-state index in [1.54, 1.807) is 11.9 Å². The number of nitrogens with two attached hydrogens (primary N) is 2. The molecule has 6 heteroatoms. The molecular weight excluding hydrogens is 261 g/mol. The lowest BCUT2D eigenvalue weighted by atomic mass is 9.99. The topological polar surface area (TPSA) is 81.6 Å². The van der Waals surface area contributed by atoms with Crippen LogP contribution in [0.15, 0.2) is 12.1 Å². The van der Waals surface area contributed by atoms with Gasteiger partial charge in [-0.1, -0.05) is 0 Å². The number of benzene rings is 1. The van der Waals surface area contributed by atoms with Crippen LogP contribution in [0.5, 0.6) is 0 Å². The number of ether oxygens (including phenoxy) is 1. The fraction of sp³-hybridized carbons (Fsp3) is 0.500. The van der Waals surface area contributed by atoms with Crippen molar-refractivity contribution in [2.24, 2.45) is 11.7 Å². The summed E-state index contributed by atoms with van der Waals surface area (Å²) in [6, 6.07) is 2.57. The lowest BCUT2D eigenvalue weighted by molar-refractivity contribution is 0.0685. The highest BCUT2D eigenvalue weighted by molar-refractivity contribution is 5.99. The maximum Gasteiger partial charge on any atom is 0.250 e. The third kappa shape index (κ3) is 3.19. The van der Waals surface area contributed by atoms with Crippen LogP contribution in [0.2, 0.25) is 0 Å². The largest absolute Gasteiger partial charge is 0.398 e. The number of hydrogen-bond donors (Lipinski definition) is 2. The minimum absolute atomic E-state index is 0.0678. The van der Waals surface area contributed by atoms with Crippen LogP contribution in [0.1, 0.15) is 23.2 Å².